The van der Waals surface area contributed by atoms with Crippen LogP contribution in [0.3, 0.4) is 0 Å². The van der Waals surface area contributed by atoms with Gasteiger partial charge in [0.1, 0.15) is 16.8 Å². The molecule has 0 radical (unpaired) electrons. The summed E-state index contributed by atoms with van der Waals surface area (Å²) in [5, 5.41) is 4.61. The number of nitrogens with zero attached hydrogens (tertiary/aromatic N) is 2. The van der Waals surface area contributed by atoms with E-state index in [4.69, 9.17) is 9.40 Å². The van der Waals surface area contributed by atoms with Crippen LogP contribution in [0.25, 0.3) is 71.6 Å². The van der Waals surface area contributed by atoms with Gasteiger partial charge in [-0.25, -0.2) is 4.98 Å². The van der Waals surface area contributed by atoms with Gasteiger partial charge >= 0.3 is 0 Å². The van der Waals surface area contributed by atoms with Crippen molar-refractivity contribution in [1.29, 1.82) is 0 Å². The fourth-order valence-electron chi connectivity index (χ4n) is 6.94. The van der Waals surface area contributed by atoms with Gasteiger partial charge < -0.3 is 8.98 Å². The Morgan fingerprint density at radius 3 is 2.23 bits per heavy atom. The van der Waals surface area contributed by atoms with Crippen LogP contribution in [0, 0.1) is 0 Å². The van der Waals surface area contributed by atoms with E-state index in [0.717, 1.165) is 38.7 Å². The Hall–Kier alpha value is -4.89. The monoisotopic (exact) mass is 500 g/mol. The summed E-state index contributed by atoms with van der Waals surface area (Å²) in [4.78, 5) is 5.10. The number of aromatic nitrogens is 2. The molecule has 0 saturated heterocycles. The van der Waals surface area contributed by atoms with Crippen LogP contribution in [-0.4, -0.2) is 9.55 Å². The highest BCUT2D eigenvalue weighted by atomic mass is 16.3. The molecule has 0 atom stereocenters. The predicted molar refractivity (Wildman–Crippen MR) is 161 cm³/mol. The van der Waals surface area contributed by atoms with Crippen LogP contribution >= 0.6 is 0 Å². The normalized spacial score (nSPS) is 14.1. The second-order valence-corrected chi connectivity index (χ2v) is 11.2. The van der Waals surface area contributed by atoms with Crippen molar-refractivity contribution in [3.05, 3.63) is 120 Å². The number of pyridine rings is 1. The lowest BCUT2D eigenvalue weighted by atomic mass is 9.82. The smallest absolute Gasteiger partial charge is 0.178 e. The molecule has 0 unspecified atom stereocenters. The summed E-state index contributed by atoms with van der Waals surface area (Å²) in [7, 11) is 0. The van der Waals surface area contributed by atoms with Crippen LogP contribution in [-0.2, 0) is 5.41 Å². The van der Waals surface area contributed by atoms with Gasteiger partial charge in [-0.05, 0) is 58.7 Å². The third kappa shape index (κ3) is 2.60. The topological polar surface area (TPSA) is 31.0 Å². The number of rotatable bonds is 1. The highest BCUT2D eigenvalue weighted by molar-refractivity contribution is 6.17. The Morgan fingerprint density at radius 2 is 1.33 bits per heavy atom. The second kappa shape index (κ2) is 7.15. The molecule has 0 fully saturated rings. The van der Waals surface area contributed by atoms with Gasteiger partial charge in [0.25, 0.3) is 0 Å². The molecular formula is C36H24N2O. The first-order valence-electron chi connectivity index (χ1n) is 13.5. The molecule has 8 aromatic rings. The number of benzene rings is 5. The molecule has 5 aromatic carbocycles. The zero-order valence-electron chi connectivity index (χ0n) is 21.7. The van der Waals surface area contributed by atoms with Gasteiger partial charge in [-0.2, -0.15) is 0 Å². The van der Waals surface area contributed by atoms with Crippen molar-refractivity contribution in [2.45, 2.75) is 19.3 Å². The van der Waals surface area contributed by atoms with Crippen molar-refractivity contribution in [2.75, 3.05) is 0 Å². The van der Waals surface area contributed by atoms with Crippen LogP contribution in [0.2, 0.25) is 0 Å². The summed E-state index contributed by atoms with van der Waals surface area (Å²) in [5.74, 6) is 0. The summed E-state index contributed by atoms with van der Waals surface area (Å²) in [5.41, 5.74) is 12.3. The quantitative estimate of drug-likeness (QED) is 0.225. The van der Waals surface area contributed by atoms with E-state index < -0.39 is 0 Å². The maximum Gasteiger partial charge on any atom is 0.178 e. The molecule has 0 N–H and O–H groups in total. The molecule has 0 saturated carbocycles. The molecule has 184 valence electrons. The second-order valence-electron chi connectivity index (χ2n) is 11.2. The van der Waals surface area contributed by atoms with Gasteiger partial charge in [-0.1, -0.05) is 86.6 Å². The fourth-order valence-corrected chi connectivity index (χ4v) is 6.94. The zero-order chi connectivity index (χ0) is 25.9. The van der Waals surface area contributed by atoms with E-state index in [0.29, 0.717) is 0 Å². The van der Waals surface area contributed by atoms with Crippen molar-refractivity contribution < 1.29 is 4.42 Å². The summed E-state index contributed by atoms with van der Waals surface area (Å²) >= 11 is 0. The van der Waals surface area contributed by atoms with Gasteiger partial charge in [-0.3, -0.25) is 0 Å². The molecule has 3 heteroatoms. The van der Waals surface area contributed by atoms with Gasteiger partial charge in [0.05, 0.1) is 16.6 Å². The number of fused-ring (bicyclic) bond motifs is 10. The van der Waals surface area contributed by atoms with E-state index >= 15 is 0 Å². The van der Waals surface area contributed by atoms with Crippen molar-refractivity contribution >= 4 is 54.8 Å². The minimum atomic E-state index is -0.0869. The first kappa shape index (κ1) is 21.1. The van der Waals surface area contributed by atoms with Gasteiger partial charge in [0, 0.05) is 27.0 Å². The number of hydrogen-bond donors (Lipinski definition) is 0. The van der Waals surface area contributed by atoms with Crippen LogP contribution in [0.5, 0.6) is 0 Å². The van der Waals surface area contributed by atoms with Gasteiger partial charge in [-0.15, -0.1) is 0 Å². The molecule has 3 heterocycles. The van der Waals surface area contributed by atoms with Crippen molar-refractivity contribution in [2.24, 2.45) is 0 Å². The Morgan fingerprint density at radius 1 is 0.615 bits per heavy atom. The van der Waals surface area contributed by atoms with E-state index in [1.165, 1.54) is 44.1 Å². The third-order valence-electron chi connectivity index (χ3n) is 8.78. The molecule has 0 amide bonds. The molecule has 1 aliphatic rings. The Bertz CT molecular complexity index is 2320. The maximum absolute atomic E-state index is 6.61. The lowest BCUT2D eigenvalue weighted by molar-refractivity contribution is 0.660. The van der Waals surface area contributed by atoms with Crippen molar-refractivity contribution in [1.82, 2.24) is 9.55 Å². The van der Waals surface area contributed by atoms with Gasteiger partial charge in [0.2, 0.25) is 0 Å². The maximum atomic E-state index is 6.61. The number of para-hydroxylation sites is 3. The molecule has 0 bridgehead atoms. The lowest BCUT2D eigenvalue weighted by Gasteiger charge is -2.21. The van der Waals surface area contributed by atoms with Crippen LogP contribution < -0.4 is 0 Å². The highest BCUT2D eigenvalue weighted by Crippen LogP contribution is 2.51. The molecular weight excluding hydrogens is 476 g/mol. The lowest BCUT2D eigenvalue weighted by Crippen LogP contribution is -2.15. The first-order valence-corrected chi connectivity index (χ1v) is 13.5. The van der Waals surface area contributed by atoms with Crippen molar-refractivity contribution in [3.8, 4) is 16.8 Å². The minimum absolute atomic E-state index is 0.0869. The predicted octanol–water partition coefficient (Wildman–Crippen LogP) is 9.54. The van der Waals surface area contributed by atoms with E-state index in [2.05, 4.69) is 115 Å². The zero-order valence-corrected chi connectivity index (χ0v) is 21.7. The molecule has 3 aromatic heterocycles. The Balaban J connectivity index is 1.51. The fraction of sp³-hybridized carbons (Fsp3) is 0.0833. The van der Waals surface area contributed by atoms with E-state index in [-0.39, 0.29) is 5.41 Å². The summed E-state index contributed by atoms with van der Waals surface area (Å²) < 4.78 is 9.03. The SMILES string of the molecule is CC1(C)c2ccccc2-c2cc3c4ccccc4n(-c4c5ccccc5nc5c4oc4ccccc45)c3cc21. The first-order chi connectivity index (χ1) is 19.1. The van der Waals surface area contributed by atoms with Crippen molar-refractivity contribution in [3.63, 3.8) is 0 Å². The molecule has 39 heavy (non-hydrogen) atoms. The van der Waals surface area contributed by atoms with E-state index in [9.17, 15) is 0 Å². The molecule has 0 aliphatic heterocycles. The summed E-state index contributed by atoms with van der Waals surface area (Å²) in [6.07, 6.45) is 0. The average molecular weight is 501 g/mol. The number of hydrogen-bond acceptors (Lipinski definition) is 2. The van der Waals surface area contributed by atoms with Crippen LogP contribution in [0.4, 0.5) is 0 Å². The third-order valence-corrected chi connectivity index (χ3v) is 8.78. The van der Waals surface area contributed by atoms with Crippen LogP contribution in [0.1, 0.15) is 25.0 Å². The molecule has 0 spiro atoms. The van der Waals surface area contributed by atoms with E-state index in [1.807, 2.05) is 12.1 Å². The summed E-state index contributed by atoms with van der Waals surface area (Å²) in [6, 6.07) is 39.1. The number of furan rings is 1. The molecule has 3 nitrogen and oxygen atoms in total. The average Bonchev–Trinajstić information content (AvgIpc) is 3.57. The molecule has 9 rings (SSSR count). The standard InChI is InChI=1S/C36H24N2O/c1-36(2)27-15-7-3-11-21(27)25-19-26-22-12-5-9-17-30(22)38(31(26)20-28(25)36)34-23-13-4-8-16-29(23)37-33-24-14-6-10-18-32(24)39-35(33)34/h3-20H,1-2H3. The Labute approximate surface area is 224 Å². The van der Waals surface area contributed by atoms with Gasteiger partial charge in [0.15, 0.2) is 5.58 Å². The highest BCUT2D eigenvalue weighted by Gasteiger charge is 2.36. The minimum Gasteiger partial charge on any atom is -0.452 e. The van der Waals surface area contributed by atoms with E-state index in [1.54, 1.807) is 0 Å². The van der Waals surface area contributed by atoms with Crippen LogP contribution in [0.15, 0.2) is 114 Å². The summed E-state index contributed by atoms with van der Waals surface area (Å²) in [6.45, 7) is 4.69. The molecule has 1 aliphatic carbocycles. The Kier molecular flexibility index (Phi) is 3.86. The largest absolute Gasteiger partial charge is 0.452 e.